The van der Waals surface area contributed by atoms with E-state index in [1.54, 1.807) is 48.9 Å². The molecular formula is C22H23N7O3. The first-order chi connectivity index (χ1) is 15.3. The number of amides is 1. The molecule has 1 amide bonds. The van der Waals surface area contributed by atoms with Crippen molar-refractivity contribution in [2.75, 3.05) is 18.8 Å². The summed E-state index contributed by atoms with van der Waals surface area (Å²) in [5.41, 5.74) is 6.28. The number of anilines is 1. The molecule has 1 saturated heterocycles. The standard InChI is InChI=1S/C22H23N7O3/c1-13-11-17(27-32-13)22(2,31)14-5-6-15-16(12-14)29(18-7-8-24-21(23)25-18)26-19(15)20(30)28-9-3-4-10-28/h5-8,11-12,31H,3-4,9-10H2,1-2H3,(H2,23,24,25). The number of benzene rings is 1. The molecule has 164 valence electrons. The van der Waals surface area contributed by atoms with Crippen LogP contribution in [0.1, 0.15) is 47.3 Å². The summed E-state index contributed by atoms with van der Waals surface area (Å²) in [6, 6.07) is 8.70. The predicted molar refractivity (Wildman–Crippen MR) is 116 cm³/mol. The summed E-state index contributed by atoms with van der Waals surface area (Å²) in [5.74, 6) is 0.998. The molecular weight excluding hydrogens is 410 g/mol. The van der Waals surface area contributed by atoms with Crippen LogP contribution in [0, 0.1) is 6.92 Å². The molecule has 4 aromatic rings. The van der Waals surface area contributed by atoms with E-state index in [1.165, 1.54) is 6.20 Å². The van der Waals surface area contributed by atoms with Gasteiger partial charge in [-0.3, -0.25) is 4.79 Å². The van der Waals surface area contributed by atoms with Crippen LogP contribution in [-0.4, -0.2) is 53.9 Å². The minimum atomic E-state index is -1.41. The molecule has 3 N–H and O–H groups in total. The van der Waals surface area contributed by atoms with Crippen molar-refractivity contribution in [3.05, 3.63) is 59.2 Å². The zero-order chi connectivity index (χ0) is 22.5. The van der Waals surface area contributed by atoms with Gasteiger partial charge in [0.15, 0.2) is 11.5 Å². The average molecular weight is 433 g/mol. The molecule has 32 heavy (non-hydrogen) atoms. The van der Waals surface area contributed by atoms with Crippen LogP contribution in [0.2, 0.25) is 0 Å². The molecule has 0 saturated carbocycles. The van der Waals surface area contributed by atoms with Crippen LogP contribution < -0.4 is 5.73 Å². The van der Waals surface area contributed by atoms with Gasteiger partial charge in [-0.05, 0) is 44.4 Å². The fraction of sp³-hybridized carbons (Fsp3) is 0.318. The lowest BCUT2D eigenvalue weighted by molar-refractivity contribution is 0.0788. The van der Waals surface area contributed by atoms with E-state index >= 15 is 0 Å². The van der Waals surface area contributed by atoms with Crippen LogP contribution in [0.15, 0.2) is 41.1 Å². The molecule has 10 nitrogen and oxygen atoms in total. The Labute approximate surface area is 183 Å². The molecule has 1 aromatic carbocycles. The summed E-state index contributed by atoms with van der Waals surface area (Å²) in [7, 11) is 0. The molecule has 0 spiro atoms. The van der Waals surface area contributed by atoms with E-state index in [0.717, 1.165) is 12.8 Å². The Morgan fingerprint density at radius 3 is 2.69 bits per heavy atom. The number of carbonyl (C=O) groups excluding carboxylic acids is 1. The zero-order valence-corrected chi connectivity index (χ0v) is 17.8. The quantitative estimate of drug-likeness (QED) is 0.500. The highest BCUT2D eigenvalue weighted by molar-refractivity contribution is 6.05. The molecule has 1 atom stereocenters. The smallest absolute Gasteiger partial charge is 0.275 e. The Bertz CT molecular complexity index is 1320. The zero-order valence-electron chi connectivity index (χ0n) is 17.8. The number of aromatic nitrogens is 5. The largest absolute Gasteiger partial charge is 0.379 e. The number of nitrogen functional groups attached to an aromatic ring is 1. The molecule has 1 fully saturated rings. The Morgan fingerprint density at radius 1 is 1.22 bits per heavy atom. The van der Waals surface area contributed by atoms with Crippen molar-refractivity contribution in [3.63, 3.8) is 0 Å². The third-order valence-corrected chi connectivity index (χ3v) is 5.84. The highest BCUT2D eigenvalue weighted by Crippen LogP contribution is 2.33. The lowest BCUT2D eigenvalue weighted by Gasteiger charge is -2.21. The summed E-state index contributed by atoms with van der Waals surface area (Å²) in [6.45, 7) is 4.84. The summed E-state index contributed by atoms with van der Waals surface area (Å²) >= 11 is 0. The fourth-order valence-corrected chi connectivity index (χ4v) is 4.05. The van der Waals surface area contributed by atoms with Gasteiger partial charge in [-0.2, -0.15) is 10.1 Å². The number of fused-ring (bicyclic) bond motifs is 1. The monoisotopic (exact) mass is 433 g/mol. The van der Waals surface area contributed by atoms with Crippen LogP contribution in [0.3, 0.4) is 0 Å². The second kappa shape index (κ2) is 7.41. The van der Waals surface area contributed by atoms with Gasteiger partial charge in [0.25, 0.3) is 5.91 Å². The third kappa shape index (κ3) is 3.28. The van der Waals surface area contributed by atoms with E-state index in [2.05, 4.69) is 20.2 Å². The van der Waals surface area contributed by atoms with E-state index in [-0.39, 0.29) is 11.9 Å². The molecule has 1 aliphatic rings. The number of nitrogens with zero attached hydrogens (tertiary/aromatic N) is 6. The maximum Gasteiger partial charge on any atom is 0.275 e. The number of likely N-dealkylation sites (tertiary alicyclic amines) is 1. The molecule has 1 aliphatic heterocycles. The second-order valence-corrected chi connectivity index (χ2v) is 8.16. The van der Waals surface area contributed by atoms with E-state index in [4.69, 9.17) is 10.3 Å². The summed E-state index contributed by atoms with van der Waals surface area (Å²) < 4.78 is 6.71. The number of rotatable bonds is 4. The number of carbonyl (C=O) groups is 1. The Morgan fingerprint density at radius 2 is 2.00 bits per heavy atom. The van der Waals surface area contributed by atoms with Crippen LogP contribution in [0.5, 0.6) is 0 Å². The van der Waals surface area contributed by atoms with Crippen molar-refractivity contribution in [1.29, 1.82) is 0 Å². The Balaban J connectivity index is 1.69. The van der Waals surface area contributed by atoms with E-state index < -0.39 is 5.60 Å². The normalized spacial score (nSPS) is 15.9. The molecule has 4 heterocycles. The molecule has 10 heteroatoms. The minimum Gasteiger partial charge on any atom is -0.379 e. The lowest BCUT2D eigenvalue weighted by atomic mass is 9.91. The van der Waals surface area contributed by atoms with Crippen LogP contribution in [0.25, 0.3) is 16.7 Å². The predicted octanol–water partition coefficient (Wildman–Crippen LogP) is 2.19. The fourth-order valence-electron chi connectivity index (χ4n) is 4.05. The van der Waals surface area contributed by atoms with Gasteiger partial charge < -0.3 is 20.3 Å². The van der Waals surface area contributed by atoms with Crippen molar-refractivity contribution in [2.45, 2.75) is 32.3 Å². The summed E-state index contributed by atoms with van der Waals surface area (Å²) in [4.78, 5) is 23.2. The first kappa shape index (κ1) is 20.1. The number of aryl methyl sites for hydroxylation is 1. The molecule has 0 aliphatic carbocycles. The van der Waals surface area contributed by atoms with Gasteiger partial charge >= 0.3 is 0 Å². The molecule has 3 aromatic heterocycles. The van der Waals surface area contributed by atoms with Crippen LogP contribution in [0.4, 0.5) is 5.95 Å². The van der Waals surface area contributed by atoms with Gasteiger partial charge in [0.1, 0.15) is 17.1 Å². The molecule has 0 radical (unpaired) electrons. The van der Waals surface area contributed by atoms with Crippen molar-refractivity contribution < 1.29 is 14.4 Å². The maximum absolute atomic E-state index is 13.2. The van der Waals surface area contributed by atoms with Crippen molar-refractivity contribution >= 4 is 22.8 Å². The number of nitrogens with two attached hydrogens (primary N) is 1. The van der Waals surface area contributed by atoms with Crippen molar-refractivity contribution in [3.8, 4) is 5.82 Å². The van der Waals surface area contributed by atoms with Gasteiger partial charge in [-0.15, -0.1) is 0 Å². The van der Waals surface area contributed by atoms with Gasteiger partial charge in [-0.1, -0.05) is 11.2 Å². The van der Waals surface area contributed by atoms with Crippen molar-refractivity contribution in [2.24, 2.45) is 0 Å². The first-order valence-electron chi connectivity index (χ1n) is 10.4. The number of hydrogen-bond acceptors (Lipinski definition) is 8. The van der Waals surface area contributed by atoms with Gasteiger partial charge in [-0.25, -0.2) is 9.67 Å². The van der Waals surface area contributed by atoms with Gasteiger partial charge in [0.2, 0.25) is 5.95 Å². The average Bonchev–Trinajstić information content (AvgIpc) is 3.52. The summed E-state index contributed by atoms with van der Waals surface area (Å²) in [5, 5.41) is 20.5. The van der Waals surface area contributed by atoms with Gasteiger partial charge in [0, 0.05) is 36.8 Å². The molecule has 0 bridgehead atoms. The second-order valence-electron chi connectivity index (χ2n) is 8.16. The number of aliphatic hydroxyl groups is 1. The first-order valence-corrected chi connectivity index (χ1v) is 10.4. The topological polar surface area (TPSA) is 136 Å². The van der Waals surface area contributed by atoms with Crippen molar-refractivity contribution in [1.82, 2.24) is 29.8 Å². The minimum absolute atomic E-state index is 0.0970. The Hall–Kier alpha value is -3.79. The third-order valence-electron chi connectivity index (χ3n) is 5.84. The molecule has 1 unspecified atom stereocenters. The Kier molecular flexibility index (Phi) is 4.66. The maximum atomic E-state index is 13.2. The van der Waals surface area contributed by atoms with E-state index in [0.29, 0.717) is 52.5 Å². The SMILES string of the molecule is Cc1cc(C(C)(O)c2ccc3c(C(=O)N4CCCC4)nn(-c4ccnc(N)n4)c3c2)no1. The number of hydrogen-bond donors (Lipinski definition) is 2. The highest BCUT2D eigenvalue weighted by atomic mass is 16.5. The van der Waals surface area contributed by atoms with E-state index in [1.807, 2.05) is 4.90 Å². The molecule has 5 rings (SSSR count). The highest BCUT2D eigenvalue weighted by Gasteiger charge is 2.32. The van der Waals surface area contributed by atoms with Gasteiger partial charge in [0.05, 0.1) is 5.52 Å². The van der Waals surface area contributed by atoms with Crippen LogP contribution in [-0.2, 0) is 5.60 Å². The van der Waals surface area contributed by atoms with Crippen LogP contribution >= 0.6 is 0 Å². The lowest BCUT2D eigenvalue weighted by Crippen LogP contribution is -2.28. The summed E-state index contributed by atoms with van der Waals surface area (Å²) in [6.07, 6.45) is 3.50. The van der Waals surface area contributed by atoms with E-state index in [9.17, 15) is 9.90 Å².